The highest BCUT2D eigenvalue weighted by Gasteiger charge is 2.51. The molecule has 0 radical (unpaired) electrons. The summed E-state index contributed by atoms with van der Waals surface area (Å²) in [6.45, 7) is 6.45. The van der Waals surface area contributed by atoms with Crippen molar-refractivity contribution >= 4 is 11.8 Å². The van der Waals surface area contributed by atoms with Gasteiger partial charge < -0.3 is 4.74 Å². The maximum absolute atomic E-state index is 12.8. The minimum atomic E-state index is -0.365. The fraction of sp³-hybridized carbons (Fsp3) is 0.393. The molecule has 1 aromatic heterocycles. The van der Waals surface area contributed by atoms with Gasteiger partial charge in [-0.3, -0.25) is 4.79 Å². The number of ketones is 1. The zero-order chi connectivity index (χ0) is 23.2. The van der Waals surface area contributed by atoms with Crippen molar-refractivity contribution in [3.63, 3.8) is 0 Å². The van der Waals surface area contributed by atoms with Crippen LogP contribution in [0.1, 0.15) is 61.8 Å². The van der Waals surface area contributed by atoms with E-state index >= 15 is 0 Å². The van der Waals surface area contributed by atoms with Crippen molar-refractivity contribution < 1.29 is 14.3 Å². The lowest BCUT2D eigenvalue weighted by molar-refractivity contribution is -0.128. The summed E-state index contributed by atoms with van der Waals surface area (Å²) in [6, 6.07) is 18.6. The number of rotatable bonds is 4. The van der Waals surface area contributed by atoms with Crippen molar-refractivity contribution in [1.29, 1.82) is 0 Å². The van der Waals surface area contributed by atoms with Crippen molar-refractivity contribution in [2.45, 2.75) is 51.9 Å². The van der Waals surface area contributed by atoms with Gasteiger partial charge in [0.25, 0.3) is 0 Å². The Bertz CT molecular complexity index is 1200. The van der Waals surface area contributed by atoms with E-state index in [9.17, 15) is 9.59 Å². The van der Waals surface area contributed by atoms with Crippen molar-refractivity contribution in [1.82, 2.24) is 9.78 Å². The molecule has 0 unspecified atom stereocenters. The van der Waals surface area contributed by atoms with E-state index in [0.29, 0.717) is 24.5 Å². The van der Waals surface area contributed by atoms with E-state index in [4.69, 9.17) is 9.84 Å². The van der Waals surface area contributed by atoms with Gasteiger partial charge in [-0.2, -0.15) is 5.10 Å². The summed E-state index contributed by atoms with van der Waals surface area (Å²) in [5, 5.41) is 4.82. The molecule has 3 atom stereocenters. The van der Waals surface area contributed by atoms with E-state index < -0.39 is 0 Å². The van der Waals surface area contributed by atoms with Gasteiger partial charge in [0.2, 0.25) is 0 Å². The Hall–Kier alpha value is -3.21. The van der Waals surface area contributed by atoms with Crippen molar-refractivity contribution in [3.8, 4) is 16.8 Å². The van der Waals surface area contributed by atoms with Gasteiger partial charge in [-0.05, 0) is 55.4 Å². The van der Waals surface area contributed by atoms with Crippen LogP contribution in [0.5, 0.6) is 0 Å². The number of hydrogen-bond acceptors (Lipinski definition) is 4. The Morgan fingerprint density at radius 1 is 1.09 bits per heavy atom. The second-order valence-corrected chi connectivity index (χ2v) is 9.54. The minimum absolute atomic E-state index is 0.0201. The lowest BCUT2D eigenvalue weighted by Crippen LogP contribution is -2.47. The molecule has 1 heterocycles. The summed E-state index contributed by atoms with van der Waals surface area (Å²) in [4.78, 5) is 25.4. The van der Waals surface area contributed by atoms with Gasteiger partial charge in [0.1, 0.15) is 5.78 Å². The molecule has 0 amide bonds. The molecule has 5 rings (SSSR count). The van der Waals surface area contributed by atoms with Crippen molar-refractivity contribution in [2.75, 3.05) is 6.61 Å². The molecule has 0 N–H and O–H groups in total. The number of ether oxygens (including phenoxy) is 1. The molecule has 2 aromatic carbocycles. The van der Waals surface area contributed by atoms with Gasteiger partial charge in [0.15, 0.2) is 5.69 Å². The molecule has 5 nitrogen and oxygen atoms in total. The van der Waals surface area contributed by atoms with Crippen LogP contribution < -0.4 is 0 Å². The van der Waals surface area contributed by atoms with Gasteiger partial charge in [-0.1, -0.05) is 56.3 Å². The van der Waals surface area contributed by atoms with Crippen molar-refractivity contribution in [3.05, 3.63) is 71.5 Å². The Morgan fingerprint density at radius 2 is 1.79 bits per heavy atom. The number of carbonyl (C=O) groups excluding carboxylic acids is 2. The second-order valence-electron chi connectivity index (χ2n) is 9.54. The van der Waals surface area contributed by atoms with E-state index in [1.165, 1.54) is 0 Å². The Kier molecular flexibility index (Phi) is 5.43. The molecule has 1 fully saturated rings. The largest absolute Gasteiger partial charge is 0.461 e. The van der Waals surface area contributed by atoms with Gasteiger partial charge in [-0.15, -0.1) is 0 Å². The predicted octanol–water partition coefficient (Wildman–Crippen LogP) is 5.54. The summed E-state index contributed by atoms with van der Waals surface area (Å²) >= 11 is 0. The van der Waals surface area contributed by atoms with E-state index in [1.54, 1.807) is 0 Å². The quantitative estimate of drug-likeness (QED) is 0.498. The van der Waals surface area contributed by atoms with Crippen LogP contribution in [-0.2, 0) is 21.4 Å². The zero-order valence-corrected chi connectivity index (χ0v) is 19.5. The zero-order valence-electron chi connectivity index (χ0n) is 19.5. The molecule has 2 aliphatic carbocycles. The molecule has 170 valence electrons. The highest BCUT2D eigenvalue weighted by Crippen LogP contribution is 2.52. The highest BCUT2D eigenvalue weighted by molar-refractivity contribution is 5.90. The normalized spacial score (nSPS) is 24.2. The highest BCUT2D eigenvalue weighted by atomic mass is 16.5. The molecule has 2 aliphatic rings. The van der Waals surface area contributed by atoms with Crippen LogP contribution in [-0.4, -0.2) is 28.1 Å². The number of aromatic nitrogens is 2. The monoisotopic (exact) mass is 442 g/mol. The number of Topliss-reactive ketones (excluding diaryl/α,β-unsaturated/α-hetero) is 1. The number of hydrogen-bond donors (Lipinski definition) is 0. The molecule has 3 aromatic rings. The van der Waals surface area contributed by atoms with Crippen LogP contribution in [0.3, 0.4) is 0 Å². The van der Waals surface area contributed by atoms with Gasteiger partial charge in [0, 0.05) is 23.3 Å². The van der Waals surface area contributed by atoms with Crippen LogP contribution in [0.15, 0.2) is 54.6 Å². The van der Waals surface area contributed by atoms with Crippen LogP contribution >= 0.6 is 0 Å². The van der Waals surface area contributed by atoms with Gasteiger partial charge >= 0.3 is 5.97 Å². The third kappa shape index (κ3) is 3.50. The van der Waals surface area contributed by atoms with Gasteiger partial charge in [-0.25, -0.2) is 9.48 Å². The lowest BCUT2D eigenvalue weighted by Gasteiger charge is -2.47. The molecule has 0 spiro atoms. The molecule has 0 bridgehead atoms. The maximum Gasteiger partial charge on any atom is 0.359 e. The first-order chi connectivity index (χ1) is 15.9. The van der Waals surface area contributed by atoms with Crippen LogP contribution in [0, 0.1) is 11.8 Å². The van der Waals surface area contributed by atoms with E-state index in [0.717, 1.165) is 47.3 Å². The van der Waals surface area contributed by atoms with Crippen molar-refractivity contribution in [2.24, 2.45) is 11.8 Å². The Morgan fingerprint density at radius 3 is 2.48 bits per heavy atom. The molecule has 0 aliphatic heterocycles. The summed E-state index contributed by atoms with van der Waals surface area (Å²) in [5.41, 5.74) is 5.49. The van der Waals surface area contributed by atoms with Crippen LogP contribution in [0.25, 0.3) is 16.8 Å². The second kappa shape index (κ2) is 8.29. The van der Waals surface area contributed by atoms with Gasteiger partial charge in [0.05, 0.1) is 18.0 Å². The summed E-state index contributed by atoms with van der Waals surface area (Å²) in [5.74, 6) is 0.257. The number of esters is 1. The predicted molar refractivity (Wildman–Crippen MR) is 128 cm³/mol. The fourth-order valence-electron chi connectivity index (χ4n) is 5.98. The van der Waals surface area contributed by atoms with E-state index in [-0.39, 0.29) is 23.2 Å². The standard InChI is InChI=1S/C28H30N2O3/c1-4-33-27(32)25-22-14-15-23-18(2)24(31)16-17-28(23,3)26(22)30(29-25)21-12-10-20(11-13-21)19-8-6-5-7-9-19/h5-13,18,23H,4,14-17H2,1-3H3/t18-,23-,28-/m1/s1. The van der Waals surface area contributed by atoms with E-state index in [2.05, 4.69) is 50.2 Å². The summed E-state index contributed by atoms with van der Waals surface area (Å²) < 4.78 is 7.31. The summed E-state index contributed by atoms with van der Waals surface area (Å²) in [7, 11) is 0. The number of fused-ring (bicyclic) bond motifs is 3. The smallest absolute Gasteiger partial charge is 0.359 e. The average molecular weight is 443 g/mol. The molecule has 5 heteroatoms. The van der Waals surface area contributed by atoms with Crippen LogP contribution in [0.4, 0.5) is 0 Å². The topological polar surface area (TPSA) is 61.2 Å². The Labute approximate surface area is 194 Å². The molecular formula is C28H30N2O3. The number of benzene rings is 2. The fourth-order valence-corrected chi connectivity index (χ4v) is 5.98. The third-order valence-corrected chi connectivity index (χ3v) is 7.74. The Balaban J connectivity index is 1.64. The molecule has 1 saturated carbocycles. The molecule has 33 heavy (non-hydrogen) atoms. The first-order valence-corrected chi connectivity index (χ1v) is 11.9. The maximum atomic E-state index is 12.8. The summed E-state index contributed by atoms with van der Waals surface area (Å²) in [6.07, 6.45) is 2.98. The van der Waals surface area contributed by atoms with E-state index in [1.807, 2.05) is 29.8 Å². The molecular weight excluding hydrogens is 412 g/mol. The molecule has 0 saturated heterocycles. The first-order valence-electron chi connectivity index (χ1n) is 11.9. The third-order valence-electron chi connectivity index (χ3n) is 7.74. The number of carbonyl (C=O) groups is 2. The lowest BCUT2D eigenvalue weighted by atomic mass is 9.56. The SMILES string of the molecule is CCOC(=O)c1nn(-c2ccc(-c3ccccc3)cc2)c2c1CC[C@@H]1[C@@H](C)C(=O)CC[C@@]21C. The first kappa shape index (κ1) is 21.6. The van der Waals surface area contributed by atoms with Crippen LogP contribution in [0.2, 0.25) is 0 Å². The average Bonchev–Trinajstić information content (AvgIpc) is 3.24. The minimum Gasteiger partial charge on any atom is -0.461 e. The number of nitrogens with zero attached hydrogens (tertiary/aromatic N) is 2.